The molecule has 0 saturated carbocycles. The molecular weight excluding hydrogens is 322 g/mol. The summed E-state index contributed by atoms with van der Waals surface area (Å²) in [5.74, 6) is 2.26. The normalized spacial score (nSPS) is 16.0. The van der Waals surface area contributed by atoms with Crippen molar-refractivity contribution in [2.75, 3.05) is 26.0 Å². The van der Waals surface area contributed by atoms with E-state index in [9.17, 15) is 4.79 Å². The third kappa shape index (κ3) is 4.03. The first-order valence-corrected chi connectivity index (χ1v) is 9.00. The fraction of sp³-hybridized carbons (Fsp3) is 0.316. The van der Waals surface area contributed by atoms with E-state index >= 15 is 0 Å². The molecule has 1 aliphatic rings. The van der Waals surface area contributed by atoms with Crippen molar-refractivity contribution in [2.24, 2.45) is 5.92 Å². The summed E-state index contributed by atoms with van der Waals surface area (Å²) in [6.45, 7) is 1.05. The van der Waals surface area contributed by atoms with E-state index in [1.54, 1.807) is 18.9 Å². The van der Waals surface area contributed by atoms with Gasteiger partial charge in [0, 0.05) is 17.2 Å². The van der Waals surface area contributed by atoms with Crippen molar-refractivity contribution < 1.29 is 14.3 Å². The van der Waals surface area contributed by atoms with Crippen LogP contribution < -0.4 is 14.8 Å². The number of fused-ring (bicyclic) bond motifs is 1. The van der Waals surface area contributed by atoms with Gasteiger partial charge in [0.05, 0.1) is 13.0 Å². The second-order valence-corrected chi connectivity index (χ2v) is 6.78. The molecule has 2 aromatic rings. The first-order valence-electron chi connectivity index (χ1n) is 8.02. The Hall–Kier alpha value is -2.14. The fourth-order valence-corrected chi connectivity index (χ4v) is 3.52. The Morgan fingerprint density at radius 3 is 2.88 bits per heavy atom. The van der Waals surface area contributed by atoms with Crippen LogP contribution >= 0.6 is 11.8 Å². The van der Waals surface area contributed by atoms with Crippen molar-refractivity contribution in [3.05, 3.63) is 54.1 Å². The zero-order valence-corrected chi connectivity index (χ0v) is 14.5. The molecule has 0 fully saturated rings. The standard InChI is InChI=1S/C19H21NO3S/c1-22-17-9-5-6-14-12-15(13-23-18(14)17)19(21)20-10-11-24-16-7-3-2-4-8-16/h2-9,15H,10-13H2,1H3,(H,20,21)/t15-/m1/s1. The van der Waals surface area contributed by atoms with E-state index in [0.717, 1.165) is 22.8 Å². The fourth-order valence-electron chi connectivity index (χ4n) is 2.73. The van der Waals surface area contributed by atoms with E-state index in [2.05, 4.69) is 17.4 Å². The minimum Gasteiger partial charge on any atom is -0.493 e. The topological polar surface area (TPSA) is 47.6 Å². The lowest BCUT2D eigenvalue weighted by molar-refractivity contribution is -0.126. The summed E-state index contributed by atoms with van der Waals surface area (Å²) >= 11 is 1.74. The first kappa shape index (κ1) is 16.7. The van der Waals surface area contributed by atoms with Crippen LogP contribution in [0.1, 0.15) is 5.56 Å². The molecule has 0 spiro atoms. The molecule has 1 aliphatic heterocycles. The van der Waals surface area contributed by atoms with Gasteiger partial charge in [-0.3, -0.25) is 4.79 Å². The first-order chi connectivity index (χ1) is 11.8. The Balaban J connectivity index is 1.48. The van der Waals surface area contributed by atoms with Gasteiger partial charge in [0.2, 0.25) is 5.91 Å². The summed E-state index contributed by atoms with van der Waals surface area (Å²) in [6.07, 6.45) is 0.685. The van der Waals surface area contributed by atoms with Crippen molar-refractivity contribution >= 4 is 17.7 Å². The zero-order valence-electron chi connectivity index (χ0n) is 13.7. The molecule has 24 heavy (non-hydrogen) atoms. The van der Waals surface area contributed by atoms with Gasteiger partial charge in [-0.2, -0.15) is 0 Å². The van der Waals surface area contributed by atoms with Crippen LogP contribution in [-0.4, -0.2) is 31.9 Å². The highest BCUT2D eigenvalue weighted by Crippen LogP contribution is 2.36. The number of thioether (sulfide) groups is 1. The number of carbonyl (C=O) groups is 1. The van der Waals surface area contributed by atoms with Gasteiger partial charge in [-0.1, -0.05) is 30.3 Å². The van der Waals surface area contributed by atoms with Crippen molar-refractivity contribution in [3.63, 3.8) is 0 Å². The number of nitrogens with one attached hydrogen (secondary N) is 1. The predicted octanol–water partition coefficient (Wildman–Crippen LogP) is 3.15. The number of para-hydroxylation sites is 1. The number of methoxy groups -OCH3 is 1. The van der Waals surface area contributed by atoms with Crippen LogP contribution in [0.5, 0.6) is 11.5 Å². The molecule has 3 rings (SSSR count). The second kappa shape index (κ2) is 8.11. The third-order valence-electron chi connectivity index (χ3n) is 3.96. The Bertz CT molecular complexity index is 690. The number of rotatable bonds is 6. The smallest absolute Gasteiger partial charge is 0.226 e. The maximum Gasteiger partial charge on any atom is 0.226 e. The van der Waals surface area contributed by atoms with E-state index in [1.165, 1.54) is 4.90 Å². The average molecular weight is 343 g/mol. The number of benzene rings is 2. The molecule has 4 nitrogen and oxygen atoms in total. The van der Waals surface area contributed by atoms with Gasteiger partial charge in [0.25, 0.3) is 0 Å². The minimum atomic E-state index is -0.147. The van der Waals surface area contributed by atoms with Crippen LogP contribution in [-0.2, 0) is 11.2 Å². The molecule has 5 heteroatoms. The van der Waals surface area contributed by atoms with E-state index in [4.69, 9.17) is 9.47 Å². The maximum absolute atomic E-state index is 12.3. The quantitative estimate of drug-likeness (QED) is 0.646. The SMILES string of the molecule is COc1cccc2c1OC[C@H](C(=O)NCCSc1ccccc1)C2. The average Bonchev–Trinajstić information content (AvgIpc) is 2.65. The molecule has 1 atom stereocenters. The van der Waals surface area contributed by atoms with Gasteiger partial charge in [-0.15, -0.1) is 11.8 Å². The molecule has 2 aromatic carbocycles. The Kier molecular flexibility index (Phi) is 5.64. The van der Waals surface area contributed by atoms with Crippen molar-refractivity contribution in [1.29, 1.82) is 0 Å². The lowest BCUT2D eigenvalue weighted by Crippen LogP contribution is -2.38. The van der Waals surface area contributed by atoms with Crippen LogP contribution in [0.25, 0.3) is 0 Å². The summed E-state index contributed by atoms with van der Waals surface area (Å²) in [7, 11) is 1.63. The molecule has 0 unspecified atom stereocenters. The molecular formula is C19H21NO3S. The summed E-state index contributed by atoms with van der Waals surface area (Å²) in [4.78, 5) is 13.6. The van der Waals surface area contributed by atoms with Gasteiger partial charge in [-0.05, 0) is 30.2 Å². The molecule has 1 heterocycles. The molecule has 0 radical (unpaired) electrons. The number of amides is 1. The van der Waals surface area contributed by atoms with E-state index < -0.39 is 0 Å². The van der Waals surface area contributed by atoms with Crippen LogP contribution in [0.4, 0.5) is 0 Å². The summed E-state index contributed by atoms with van der Waals surface area (Å²) in [5.41, 5.74) is 1.03. The molecule has 0 aromatic heterocycles. The Morgan fingerprint density at radius 1 is 1.25 bits per heavy atom. The van der Waals surface area contributed by atoms with Crippen LogP contribution in [0.3, 0.4) is 0 Å². The number of ether oxygens (including phenoxy) is 2. The second-order valence-electron chi connectivity index (χ2n) is 5.61. The lowest BCUT2D eigenvalue weighted by atomic mass is 9.95. The highest BCUT2D eigenvalue weighted by atomic mass is 32.2. The van der Waals surface area contributed by atoms with Gasteiger partial charge in [0.15, 0.2) is 11.5 Å². The third-order valence-corrected chi connectivity index (χ3v) is 4.97. The van der Waals surface area contributed by atoms with Gasteiger partial charge in [0.1, 0.15) is 6.61 Å². The highest BCUT2D eigenvalue weighted by Gasteiger charge is 2.27. The van der Waals surface area contributed by atoms with Gasteiger partial charge < -0.3 is 14.8 Å². The maximum atomic E-state index is 12.3. The van der Waals surface area contributed by atoms with Crippen LogP contribution in [0.15, 0.2) is 53.4 Å². The largest absolute Gasteiger partial charge is 0.493 e. The van der Waals surface area contributed by atoms with Crippen LogP contribution in [0.2, 0.25) is 0 Å². The van der Waals surface area contributed by atoms with Crippen molar-refractivity contribution in [3.8, 4) is 11.5 Å². The van der Waals surface area contributed by atoms with Crippen molar-refractivity contribution in [2.45, 2.75) is 11.3 Å². The summed E-state index contributed by atoms with van der Waals surface area (Å²) in [5, 5.41) is 3.01. The number of carbonyl (C=O) groups excluding carboxylic acids is 1. The molecule has 0 saturated heterocycles. The molecule has 0 aliphatic carbocycles. The van der Waals surface area contributed by atoms with Gasteiger partial charge >= 0.3 is 0 Å². The monoisotopic (exact) mass is 343 g/mol. The molecule has 126 valence electrons. The Morgan fingerprint density at radius 2 is 2.08 bits per heavy atom. The van der Waals surface area contributed by atoms with E-state index in [-0.39, 0.29) is 11.8 Å². The lowest BCUT2D eigenvalue weighted by Gasteiger charge is -2.25. The number of hydrogen-bond acceptors (Lipinski definition) is 4. The highest BCUT2D eigenvalue weighted by molar-refractivity contribution is 7.99. The zero-order chi connectivity index (χ0) is 16.8. The minimum absolute atomic E-state index is 0.0529. The van der Waals surface area contributed by atoms with Gasteiger partial charge in [-0.25, -0.2) is 0 Å². The summed E-state index contributed by atoms with van der Waals surface area (Å²) < 4.78 is 11.1. The van der Waals surface area contributed by atoms with E-state index in [1.807, 2.05) is 36.4 Å². The predicted molar refractivity (Wildman–Crippen MR) is 95.9 cm³/mol. The number of hydrogen-bond donors (Lipinski definition) is 1. The molecule has 0 bridgehead atoms. The van der Waals surface area contributed by atoms with E-state index in [0.29, 0.717) is 19.6 Å². The Labute approximate surface area is 146 Å². The molecule has 1 amide bonds. The molecule has 1 N–H and O–H groups in total. The summed E-state index contributed by atoms with van der Waals surface area (Å²) in [6, 6.07) is 16.0. The van der Waals surface area contributed by atoms with Crippen LogP contribution in [0, 0.1) is 5.92 Å². The van der Waals surface area contributed by atoms with Crippen molar-refractivity contribution in [1.82, 2.24) is 5.32 Å².